The van der Waals surface area contributed by atoms with Crippen LogP contribution in [-0.2, 0) is 4.74 Å². The summed E-state index contributed by atoms with van der Waals surface area (Å²) in [7, 11) is 0. The molecule has 1 saturated heterocycles. The van der Waals surface area contributed by atoms with Gasteiger partial charge >= 0.3 is 0 Å². The summed E-state index contributed by atoms with van der Waals surface area (Å²) in [5.74, 6) is 5.82. The zero-order valence-corrected chi connectivity index (χ0v) is 7.02. The van der Waals surface area contributed by atoms with E-state index in [9.17, 15) is 0 Å². The Labute approximate surface area is 68.3 Å². The van der Waals surface area contributed by atoms with Gasteiger partial charge in [0.05, 0.1) is 12.7 Å². The van der Waals surface area contributed by atoms with Crippen LogP contribution in [0.15, 0.2) is 0 Å². The van der Waals surface area contributed by atoms with E-state index in [0.29, 0.717) is 6.10 Å². The van der Waals surface area contributed by atoms with Gasteiger partial charge in [-0.25, -0.2) is 0 Å². The van der Waals surface area contributed by atoms with Crippen LogP contribution in [0.3, 0.4) is 0 Å². The molecule has 0 amide bonds. The topological polar surface area (TPSA) is 21.3 Å². The molecule has 0 radical (unpaired) electrons. The third kappa shape index (κ3) is 3.41. The first-order valence-corrected chi connectivity index (χ1v) is 4.15. The van der Waals surface area contributed by atoms with Crippen molar-refractivity contribution in [2.75, 3.05) is 19.7 Å². The number of ether oxygens (including phenoxy) is 1. The fourth-order valence-electron chi connectivity index (χ4n) is 1.17. The zero-order valence-electron chi connectivity index (χ0n) is 7.02. The van der Waals surface area contributed by atoms with E-state index in [4.69, 9.17) is 4.74 Å². The number of rotatable bonds is 3. The first kappa shape index (κ1) is 8.58. The van der Waals surface area contributed by atoms with Crippen molar-refractivity contribution in [2.45, 2.75) is 25.9 Å². The Balaban J connectivity index is 1.96. The predicted octanol–water partition coefficient (Wildman–Crippen LogP) is 0.778. The van der Waals surface area contributed by atoms with E-state index in [1.165, 1.54) is 0 Å². The molecule has 0 aliphatic carbocycles. The van der Waals surface area contributed by atoms with Crippen LogP contribution < -0.4 is 5.32 Å². The summed E-state index contributed by atoms with van der Waals surface area (Å²) in [6, 6.07) is 0. The maximum absolute atomic E-state index is 5.54. The molecule has 1 fully saturated rings. The molecular formula is C9H15NO. The molecule has 1 rings (SSSR count). The second-order valence-corrected chi connectivity index (χ2v) is 2.66. The normalized spacial score (nSPS) is 22.8. The molecule has 0 aromatic rings. The maximum Gasteiger partial charge on any atom is 0.0712 e. The quantitative estimate of drug-likeness (QED) is 0.478. The zero-order chi connectivity index (χ0) is 7.94. The van der Waals surface area contributed by atoms with Crippen molar-refractivity contribution in [3.63, 3.8) is 0 Å². The van der Waals surface area contributed by atoms with Crippen molar-refractivity contribution in [1.29, 1.82) is 0 Å². The Morgan fingerprint density at radius 1 is 1.64 bits per heavy atom. The molecule has 1 aliphatic heterocycles. The summed E-state index contributed by atoms with van der Waals surface area (Å²) >= 11 is 0. The summed E-state index contributed by atoms with van der Waals surface area (Å²) in [5, 5.41) is 3.25. The Bertz CT molecular complexity index is 151. The fourth-order valence-corrected chi connectivity index (χ4v) is 1.17. The largest absolute Gasteiger partial charge is 0.376 e. The molecule has 0 spiro atoms. The van der Waals surface area contributed by atoms with Crippen LogP contribution >= 0.6 is 0 Å². The highest BCUT2D eigenvalue weighted by Gasteiger charge is 2.13. The Morgan fingerprint density at radius 2 is 2.55 bits per heavy atom. The lowest BCUT2D eigenvalue weighted by Gasteiger charge is -2.07. The van der Waals surface area contributed by atoms with Crippen molar-refractivity contribution < 1.29 is 4.74 Å². The van der Waals surface area contributed by atoms with Gasteiger partial charge in [0.2, 0.25) is 0 Å². The van der Waals surface area contributed by atoms with E-state index < -0.39 is 0 Å². The van der Waals surface area contributed by atoms with E-state index >= 15 is 0 Å². The van der Waals surface area contributed by atoms with Crippen LogP contribution in [0.4, 0.5) is 0 Å². The van der Waals surface area contributed by atoms with Crippen LogP contribution in [0.25, 0.3) is 0 Å². The molecule has 1 N–H and O–H groups in total. The van der Waals surface area contributed by atoms with E-state index in [2.05, 4.69) is 17.2 Å². The second kappa shape index (κ2) is 5.17. The molecule has 0 aromatic heterocycles. The Kier molecular flexibility index (Phi) is 4.03. The van der Waals surface area contributed by atoms with Gasteiger partial charge in [-0.15, -0.1) is 11.8 Å². The van der Waals surface area contributed by atoms with Crippen molar-refractivity contribution >= 4 is 0 Å². The summed E-state index contributed by atoms with van der Waals surface area (Å²) in [6.07, 6.45) is 2.46. The van der Waals surface area contributed by atoms with Crippen LogP contribution in [0.1, 0.15) is 19.8 Å². The second-order valence-electron chi connectivity index (χ2n) is 2.66. The molecular weight excluding hydrogens is 138 g/mol. The highest BCUT2D eigenvalue weighted by Crippen LogP contribution is 2.02. The molecule has 1 aliphatic rings. The highest BCUT2D eigenvalue weighted by molar-refractivity contribution is 4.94. The van der Waals surface area contributed by atoms with Crippen LogP contribution in [0.5, 0.6) is 0 Å². The lowest BCUT2D eigenvalue weighted by Crippen LogP contribution is -2.17. The standard InChI is InChI=1S/C9H15NO/c1-2-3-4-7-11-9-5-6-10-8-9/h9-10H,4-8H2,1H3. The van der Waals surface area contributed by atoms with Crippen molar-refractivity contribution in [3.8, 4) is 11.8 Å². The minimum Gasteiger partial charge on any atom is -0.376 e. The van der Waals surface area contributed by atoms with E-state index in [0.717, 1.165) is 32.5 Å². The van der Waals surface area contributed by atoms with Crippen LogP contribution in [-0.4, -0.2) is 25.8 Å². The van der Waals surface area contributed by atoms with Gasteiger partial charge in [0.25, 0.3) is 0 Å². The molecule has 62 valence electrons. The average Bonchev–Trinajstić information content (AvgIpc) is 2.50. The predicted molar refractivity (Wildman–Crippen MR) is 45.3 cm³/mol. The van der Waals surface area contributed by atoms with Gasteiger partial charge in [-0.05, 0) is 19.9 Å². The molecule has 1 atom stereocenters. The minimum absolute atomic E-state index is 0.439. The maximum atomic E-state index is 5.54. The van der Waals surface area contributed by atoms with Gasteiger partial charge in [0.15, 0.2) is 0 Å². The van der Waals surface area contributed by atoms with Gasteiger partial charge < -0.3 is 10.1 Å². The third-order valence-electron chi connectivity index (χ3n) is 1.77. The number of hydrogen-bond acceptors (Lipinski definition) is 2. The van der Waals surface area contributed by atoms with Gasteiger partial charge in [-0.3, -0.25) is 0 Å². The van der Waals surface area contributed by atoms with Crippen LogP contribution in [0, 0.1) is 11.8 Å². The SMILES string of the molecule is CC#CCCOC1CCNC1. The highest BCUT2D eigenvalue weighted by atomic mass is 16.5. The van der Waals surface area contributed by atoms with Crippen molar-refractivity contribution in [1.82, 2.24) is 5.32 Å². The van der Waals surface area contributed by atoms with Gasteiger partial charge in [-0.2, -0.15) is 0 Å². The first-order valence-electron chi connectivity index (χ1n) is 4.15. The van der Waals surface area contributed by atoms with E-state index in [1.807, 2.05) is 6.92 Å². The molecule has 1 heterocycles. The first-order chi connectivity index (χ1) is 5.43. The number of hydrogen-bond donors (Lipinski definition) is 1. The molecule has 2 nitrogen and oxygen atoms in total. The lowest BCUT2D eigenvalue weighted by atomic mass is 10.3. The summed E-state index contributed by atoms with van der Waals surface area (Å²) in [6.45, 7) is 4.76. The Hall–Kier alpha value is -0.520. The molecule has 2 heteroatoms. The van der Waals surface area contributed by atoms with Gasteiger partial charge in [0, 0.05) is 13.0 Å². The third-order valence-corrected chi connectivity index (χ3v) is 1.77. The molecule has 1 unspecified atom stereocenters. The molecule has 0 bridgehead atoms. The van der Waals surface area contributed by atoms with Crippen molar-refractivity contribution in [3.05, 3.63) is 0 Å². The molecule has 0 saturated carbocycles. The molecule has 0 aromatic carbocycles. The summed E-state index contributed by atoms with van der Waals surface area (Å²) in [4.78, 5) is 0. The fraction of sp³-hybridized carbons (Fsp3) is 0.778. The van der Waals surface area contributed by atoms with Crippen LogP contribution in [0.2, 0.25) is 0 Å². The monoisotopic (exact) mass is 153 g/mol. The van der Waals surface area contributed by atoms with Crippen molar-refractivity contribution in [2.24, 2.45) is 0 Å². The average molecular weight is 153 g/mol. The lowest BCUT2D eigenvalue weighted by molar-refractivity contribution is 0.0715. The van der Waals surface area contributed by atoms with E-state index in [-0.39, 0.29) is 0 Å². The molecule has 11 heavy (non-hydrogen) atoms. The smallest absolute Gasteiger partial charge is 0.0712 e. The minimum atomic E-state index is 0.439. The van der Waals surface area contributed by atoms with E-state index in [1.54, 1.807) is 0 Å². The summed E-state index contributed by atoms with van der Waals surface area (Å²) < 4.78 is 5.54. The number of nitrogens with one attached hydrogen (secondary N) is 1. The van der Waals surface area contributed by atoms with Gasteiger partial charge in [0.1, 0.15) is 0 Å². The van der Waals surface area contributed by atoms with Gasteiger partial charge in [-0.1, -0.05) is 0 Å². The Morgan fingerprint density at radius 3 is 3.18 bits per heavy atom. The summed E-state index contributed by atoms with van der Waals surface area (Å²) in [5.41, 5.74) is 0.